The van der Waals surface area contributed by atoms with Crippen molar-refractivity contribution in [1.82, 2.24) is 4.90 Å². The number of aryl methyl sites for hydroxylation is 1. The van der Waals surface area contributed by atoms with Crippen LogP contribution in [0.25, 0.3) is 10.8 Å². The number of ether oxygens (including phenoxy) is 1. The van der Waals surface area contributed by atoms with E-state index in [0.717, 1.165) is 53.6 Å². The van der Waals surface area contributed by atoms with E-state index in [0.29, 0.717) is 13.0 Å². The summed E-state index contributed by atoms with van der Waals surface area (Å²) in [5.74, 6) is 0.847. The fraction of sp³-hybridized carbons (Fsp3) is 0.385. The Bertz CT molecular complexity index is 1040. The molecule has 0 unspecified atom stereocenters. The molecule has 3 aromatic carbocycles. The third kappa shape index (κ3) is 3.60. The second-order valence-corrected chi connectivity index (χ2v) is 8.94. The molecule has 1 spiro atoms. The van der Waals surface area contributed by atoms with Crippen LogP contribution in [-0.2, 0) is 0 Å². The average molecular weight is 404 g/mol. The van der Waals surface area contributed by atoms with E-state index in [9.17, 15) is 10.2 Å². The molecule has 1 fully saturated rings. The summed E-state index contributed by atoms with van der Waals surface area (Å²) in [6, 6.07) is 20.4. The lowest BCUT2D eigenvalue weighted by molar-refractivity contribution is -0.0577. The number of aliphatic hydroxyl groups excluding tert-OH is 2. The third-order valence-electron chi connectivity index (χ3n) is 6.81. The molecule has 0 aromatic heterocycles. The predicted molar refractivity (Wildman–Crippen MR) is 119 cm³/mol. The second kappa shape index (κ2) is 7.69. The van der Waals surface area contributed by atoms with E-state index < -0.39 is 12.2 Å². The Hall–Kier alpha value is -2.40. The molecule has 4 heteroatoms. The van der Waals surface area contributed by atoms with Crippen molar-refractivity contribution in [2.45, 2.75) is 44.0 Å². The Balaban J connectivity index is 1.30. The highest BCUT2D eigenvalue weighted by Gasteiger charge is 2.43. The molecule has 2 heterocycles. The number of likely N-dealkylation sites (tertiary alicyclic amines) is 1. The fourth-order valence-corrected chi connectivity index (χ4v) is 4.94. The zero-order valence-corrected chi connectivity index (χ0v) is 17.4. The minimum Gasteiger partial charge on any atom is -0.486 e. The van der Waals surface area contributed by atoms with Crippen LogP contribution in [0.1, 0.15) is 48.2 Å². The first-order chi connectivity index (χ1) is 14.5. The number of β-amino-alcohol motifs (C(OH)–C–C–N with tert-alkyl or cyclic N) is 1. The van der Waals surface area contributed by atoms with Crippen molar-refractivity contribution in [3.8, 4) is 5.75 Å². The molecule has 0 saturated carbocycles. The highest BCUT2D eigenvalue weighted by atomic mass is 16.5. The van der Waals surface area contributed by atoms with Gasteiger partial charge in [0.05, 0.1) is 12.2 Å². The number of hydrogen-bond acceptors (Lipinski definition) is 4. The lowest BCUT2D eigenvalue weighted by atomic mass is 9.81. The second-order valence-electron chi connectivity index (χ2n) is 8.94. The first-order valence-electron chi connectivity index (χ1n) is 10.9. The van der Waals surface area contributed by atoms with Gasteiger partial charge in [0, 0.05) is 37.0 Å². The zero-order valence-electron chi connectivity index (χ0n) is 17.4. The van der Waals surface area contributed by atoms with Gasteiger partial charge in [-0.1, -0.05) is 66.2 Å². The lowest BCUT2D eigenvalue weighted by Gasteiger charge is -2.46. The number of aliphatic hydroxyl groups is 2. The summed E-state index contributed by atoms with van der Waals surface area (Å²) in [7, 11) is 0. The Morgan fingerprint density at radius 2 is 1.77 bits per heavy atom. The molecule has 2 atom stereocenters. The van der Waals surface area contributed by atoms with Crippen LogP contribution >= 0.6 is 0 Å². The van der Waals surface area contributed by atoms with Gasteiger partial charge in [0.2, 0.25) is 0 Å². The Morgan fingerprint density at radius 1 is 1.03 bits per heavy atom. The van der Waals surface area contributed by atoms with E-state index in [1.807, 2.05) is 42.5 Å². The molecule has 2 N–H and O–H groups in total. The number of piperidine rings is 1. The normalized spacial score (nSPS) is 21.9. The van der Waals surface area contributed by atoms with Crippen molar-refractivity contribution in [2.75, 3.05) is 19.6 Å². The molecular formula is C26H29NO3. The van der Waals surface area contributed by atoms with E-state index in [2.05, 4.69) is 30.0 Å². The van der Waals surface area contributed by atoms with Crippen molar-refractivity contribution < 1.29 is 14.9 Å². The highest BCUT2D eigenvalue weighted by Crippen LogP contribution is 2.47. The first-order valence-corrected chi connectivity index (χ1v) is 10.9. The van der Waals surface area contributed by atoms with Crippen LogP contribution in [0.5, 0.6) is 5.75 Å². The van der Waals surface area contributed by atoms with Crippen LogP contribution < -0.4 is 4.74 Å². The molecule has 2 aliphatic heterocycles. The number of benzene rings is 3. The highest BCUT2D eigenvalue weighted by molar-refractivity contribution is 5.90. The number of nitrogens with zero attached hydrogens (tertiary/aromatic N) is 1. The zero-order chi connectivity index (χ0) is 20.7. The SMILES string of the molecule is Cc1ccc([C@@H](O)CN2CCC3(CC2)C[C@H](O)c2ccc4ccccc4c2O3)cc1. The molecule has 30 heavy (non-hydrogen) atoms. The van der Waals surface area contributed by atoms with Gasteiger partial charge in [-0.15, -0.1) is 0 Å². The molecule has 0 amide bonds. The summed E-state index contributed by atoms with van der Waals surface area (Å²) in [6.07, 6.45) is 1.36. The van der Waals surface area contributed by atoms with Crippen molar-refractivity contribution in [3.63, 3.8) is 0 Å². The van der Waals surface area contributed by atoms with Gasteiger partial charge in [0.1, 0.15) is 11.4 Å². The first kappa shape index (κ1) is 19.6. The minimum absolute atomic E-state index is 0.331. The van der Waals surface area contributed by atoms with Gasteiger partial charge in [-0.2, -0.15) is 0 Å². The fourth-order valence-electron chi connectivity index (χ4n) is 4.94. The molecular weight excluding hydrogens is 374 g/mol. The quantitative estimate of drug-likeness (QED) is 0.675. The molecule has 2 aliphatic rings. The monoisotopic (exact) mass is 403 g/mol. The molecule has 5 rings (SSSR count). The van der Waals surface area contributed by atoms with E-state index >= 15 is 0 Å². The lowest BCUT2D eigenvalue weighted by Crippen LogP contribution is -2.51. The smallest absolute Gasteiger partial charge is 0.133 e. The number of rotatable bonds is 3. The molecule has 4 nitrogen and oxygen atoms in total. The van der Waals surface area contributed by atoms with Gasteiger partial charge in [-0.3, -0.25) is 0 Å². The van der Waals surface area contributed by atoms with Crippen molar-refractivity contribution in [1.29, 1.82) is 0 Å². The maximum absolute atomic E-state index is 10.9. The maximum Gasteiger partial charge on any atom is 0.133 e. The van der Waals surface area contributed by atoms with Crippen LogP contribution in [0.2, 0.25) is 0 Å². The largest absolute Gasteiger partial charge is 0.486 e. The van der Waals surface area contributed by atoms with Crippen LogP contribution in [0.15, 0.2) is 60.7 Å². The van der Waals surface area contributed by atoms with Crippen LogP contribution in [0.3, 0.4) is 0 Å². The Morgan fingerprint density at radius 3 is 2.53 bits per heavy atom. The van der Waals surface area contributed by atoms with Crippen LogP contribution in [-0.4, -0.2) is 40.3 Å². The molecule has 3 aromatic rings. The maximum atomic E-state index is 10.9. The summed E-state index contributed by atoms with van der Waals surface area (Å²) >= 11 is 0. The Labute approximate surface area is 177 Å². The minimum atomic E-state index is -0.497. The summed E-state index contributed by atoms with van der Waals surface area (Å²) in [5.41, 5.74) is 2.73. The Kier molecular flexibility index (Phi) is 5.02. The topological polar surface area (TPSA) is 52.9 Å². The van der Waals surface area contributed by atoms with Crippen molar-refractivity contribution in [3.05, 3.63) is 77.4 Å². The molecule has 156 valence electrons. The number of fused-ring (bicyclic) bond motifs is 3. The van der Waals surface area contributed by atoms with E-state index in [-0.39, 0.29) is 5.60 Å². The summed E-state index contributed by atoms with van der Waals surface area (Å²) in [4.78, 5) is 2.31. The van der Waals surface area contributed by atoms with E-state index in [4.69, 9.17) is 4.74 Å². The van der Waals surface area contributed by atoms with Crippen LogP contribution in [0.4, 0.5) is 0 Å². The summed E-state index contributed by atoms with van der Waals surface area (Å²) < 4.78 is 6.65. The van der Waals surface area contributed by atoms with Gasteiger partial charge < -0.3 is 19.8 Å². The summed E-state index contributed by atoms with van der Waals surface area (Å²) in [5, 5.41) is 23.7. The van der Waals surface area contributed by atoms with Gasteiger partial charge >= 0.3 is 0 Å². The van der Waals surface area contributed by atoms with Crippen LogP contribution in [0, 0.1) is 6.92 Å². The standard InChI is InChI=1S/C26H29NO3/c1-18-6-8-20(9-7-18)24(29)17-27-14-12-26(13-15-27)16-23(28)22-11-10-19-4-2-3-5-21(19)25(22)30-26/h2-11,23-24,28-29H,12-17H2,1H3/t23-,24-/m0/s1. The van der Waals surface area contributed by atoms with Crippen molar-refractivity contribution in [2.24, 2.45) is 0 Å². The van der Waals surface area contributed by atoms with Gasteiger partial charge in [-0.05, 0) is 30.7 Å². The molecule has 0 bridgehead atoms. The summed E-state index contributed by atoms with van der Waals surface area (Å²) in [6.45, 7) is 4.40. The molecule has 1 saturated heterocycles. The van der Waals surface area contributed by atoms with E-state index in [1.54, 1.807) is 0 Å². The average Bonchev–Trinajstić information content (AvgIpc) is 2.76. The van der Waals surface area contributed by atoms with Gasteiger partial charge in [0.25, 0.3) is 0 Å². The predicted octanol–water partition coefficient (Wildman–Crippen LogP) is 4.53. The van der Waals surface area contributed by atoms with Crippen molar-refractivity contribution >= 4 is 10.8 Å². The van der Waals surface area contributed by atoms with Gasteiger partial charge in [-0.25, -0.2) is 0 Å². The number of hydrogen-bond donors (Lipinski definition) is 2. The molecule has 0 radical (unpaired) electrons. The van der Waals surface area contributed by atoms with E-state index in [1.165, 1.54) is 5.56 Å². The third-order valence-corrected chi connectivity index (χ3v) is 6.81. The molecule has 0 aliphatic carbocycles. The van der Waals surface area contributed by atoms with Gasteiger partial charge in [0.15, 0.2) is 0 Å².